The number of amides is 3. The summed E-state index contributed by atoms with van der Waals surface area (Å²) in [7, 11) is 1.37. The maximum atomic E-state index is 12.8. The zero-order valence-corrected chi connectivity index (χ0v) is 20.7. The maximum absolute atomic E-state index is 12.8. The highest BCUT2D eigenvalue weighted by Gasteiger charge is 2.27. The van der Waals surface area contributed by atoms with Crippen LogP contribution in [0.3, 0.4) is 0 Å². The van der Waals surface area contributed by atoms with Crippen molar-refractivity contribution in [1.29, 1.82) is 0 Å². The van der Waals surface area contributed by atoms with Gasteiger partial charge in [0.1, 0.15) is 12.6 Å². The number of esters is 1. The zero-order valence-electron chi connectivity index (χ0n) is 20.7. The summed E-state index contributed by atoms with van der Waals surface area (Å²) in [4.78, 5) is 48.4. The van der Waals surface area contributed by atoms with Crippen molar-refractivity contribution in [3.8, 4) is 0 Å². The molecule has 0 aromatic heterocycles. The molecule has 1 aliphatic rings. The monoisotopic (exact) mass is 489 g/mol. The normalized spacial score (nSPS) is 14.1. The molecule has 0 unspecified atom stereocenters. The number of unbranched alkanes of at least 4 members (excludes halogenated alkanes) is 2. The number of carbonyl (C=O) groups excluding carboxylic acids is 4. The lowest BCUT2D eigenvalue weighted by molar-refractivity contribution is -0.140. The minimum absolute atomic E-state index is 0.0327. The van der Waals surface area contributed by atoms with E-state index in [1.165, 1.54) is 7.11 Å². The molecule has 9 heteroatoms. The molecule has 1 aromatic carbocycles. The van der Waals surface area contributed by atoms with Crippen LogP contribution in [0, 0.1) is 5.92 Å². The van der Waals surface area contributed by atoms with E-state index in [0.29, 0.717) is 38.8 Å². The number of methoxy groups -OCH3 is 1. The molecular formula is C26H39N3O6. The van der Waals surface area contributed by atoms with Crippen molar-refractivity contribution >= 4 is 23.9 Å². The molecule has 1 aromatic rings. The fourth-order valence-electron chi connectivity index (χ4n) is 4.03. The van der Waals surface area contributed by atoms with Gasteiger partial charge in [-0.25, -0.2) is 4.79 Å². The molecule has 0 bridgehead atoms. The van der Waals surface area contributed by atoms with Crippen LogP contribution in [-0.4, -0.2) is 50.1 Å². The third kappa shape index (κ3) is 11.7. The second-order valence-corrected chi connectivity index (χ2v) is 8.85. The summed E-state index contributed by atoms with van der Waals surface area (Å²) in [6.07, 6.45) is 6.80. The SMILES string of the molecule is COC(=O)CCCCCNC(=O)[C@H](CCCNC(=O)OCc1ccccc1)NC(=O)C1CCCC1. The van der Waals surface area contributed by atoms with Crippen LogP contribution in [0.5, 0.6) is 0 Å². The summed E-state index contributed by atoms with van der Waals surface area (Å²) < 4.78 is 9.81. The molecule has 1 atom stereocenters. The number of nitrogens with one attached hydrogen (secondary N) is 3. The Balaban J connectivity index is 1.71. The molecule has 2 rings (SSSR count). The van der Waals surface area contributed by atoms with Gasteiger partial charge < -0.3 is 25.4 Å². The lowest BCUT2D eigenvalue weighted by Crippen LogP contribution is -2.48. The van der Waals surface area contributed by atoms with E-state index in [2.05, 4.69) is 20.7 Å². The first-order valence-electron chi connectivity index (χ1n) is 12.6. The third-order valence-corrected chi connectivity index (χ3v) is 6.10. The molecule has 3 amide bonds. The average Bonchev–Trinajstić information content (AvgIpc) is 3.42. The number of ether oxygens (including phenoxy) is 2. The molecule has 0 saturated heterocycles. The molecule has 3 N–H and O–H groups in total. The number of carbonyl (C=O) groups is 4. The number of hydrogen-bond acceptors (Lipinski definition) is 6. The Morgan fingerprint density at radius 1 is 0.943 bits per heavy atom. The number of rotatable bonds is 15. The topological polar surface area (TPSA) is 123 Å². The first kappa shape index (κ1) is 28.1. The van der Waals surface area contributed by atoms with Gasteiger partial charge in [0, 0.05) is 25.4 Å². The lowest BCUT2D eigenvalue weighted by atomic mass is 10.0. The van der Waals surface area contributed by atoms with Crippen LogP contribution in [0.15, 0.2) is 30.3 Å². The van der Waals surface area contributed by atoms with Crippen LogP contribution >= 0.6 is 0 Å². The summed E-state index contributed by atoms with van der Waals surface area (Å²) in [5.74, 6) is -0.567. The molecule has 194 valence electrons. The van der Waals surface area contributed by atoms with E-state index in [-0.39, 0.29) is 30.3 Å². The van der Waals surface area contributed by atoms with Crippen molar-refractivity contribution in [1.82, 2.24) is 16.0 Å². The molecule has 0 spiro atoms. The first-order chi connectivity index (χ1) is 17.0. The van der Waals surface area contributed by atoms with E-state index < -0.39 is 12.1 Å². The van der Waals surface area contributed by atoms with Gasteiger partial charge >= 0.3 is 12.1 Å². The van der Waals surface area contributed by atoms with Crippen molar-refractivity contribution in [2.45, 2.75) is 76.9 Å². The van der Waals surface area contributed by atoms with Crippen LogP contribution in [0.25, 0.3) is 0 Å². The van der Waals surface area contributed by atoms with Crippen LogP contribution in [0.1, 0.15) is 69.8 Å². The Labute approximate surface area is 207 Å². The van der Waals surface area contributed by atoms with Gasteiger partial charge in [0.05, 0.1) is 7.11 Å². The van der Waals surface area contributed by atoms with E-state index in [1.807, 2.05) is 30.3 Å². The van der Waals surface area contributed by atoms with Crippen LogP contribution in [0.4, 0.5) is 4.79 Å². The van der Waals surface area contributed by atoms with Gasteiger partial charge in [-0.2, -0.15) is 0 Å². The second kappa shape index (κ2) is 16.5. The summed E-state index contributed by atoms with van der Waals surface area (Å²) in [5, 5.41) is 8.49. The molecule has 9 nitrogen and oxygen atoms in total. The van der Waals surface area contributed by atoms with Crippen LogP contribution in [-0.2, 0) is 30.5 Å². The number of benzene rings is 1. The summed E-state index contributed by atoms with van der Waals surface area (Å²) in [6, 6.07) is 8.76. The Bertz CT molecular complexity index is 796. The number of alkyl carbamates (subject to hydrolysis) is 1. The zero-order chi connectivity index (χ0) is 25.3. The molecule has 0 heterocycles. The van der Waals surface area contributed by atoms with Crippen molar-refractivity contribution in [2.75, 3.05) is 20.2 Å². The van der Waals surface area contributed by atoms with E-state index in [0.717, 1.165) is 44.1 Å². The van der Waals surface area contributed by atoms with Gasteiger partial charge in [0.25, 0.3) is 0 Å². The third-order valence-electron chi connectivity index (χ3n) is 6.10. The molecule has 1 saturated carbocycles. The highest BCUT2D eigenvalue weighted by molar-refractivity contribution is 5.88. The van der Waals surface area contributed by atoms with Crippen molar-refractivity contribution in [3.05, 3.63) is 35.9 Å². The average molecular weight is 490 g/mol. The fraction of sp³-hybridized carbons (Fsp3) is 0.615. The van der Waals surface area contributed by atoms with Gasteiger partial charge in [-0.1, -0.05) is 49.6 Å². The quantitative estimate of drug-likeness (QED) is 0.257. The van der Waals surface area contributed by atoms with E-state index >= 15 is 0 Å². The largest absolute Gasteiger partial charge is 0.469 e. The Kier molecular flexibility index (Phi) is 13.3. The Morgan fingerprint density at radius 3 is 2.37 bits per heavy atom. The predicted octanol–water partition coefficient (Wildman–Crippen LogP) is 3.22. The predicted molar refractivity (Wildman–Crippen MR) is 131 cm³/mol. The van der Waals surface area contributed by atoms with E-state index in [4.69, 9.17) is 4.74 Å². The highest BCUT2D eigenvalue weighted by Crippen LogP contribution is 2.24. The number of hydrogen-bond donors (Lipinski definition) is 3. The fourth-order valence-corrected chi connectivity index (χ4v) is 4.03. The van der Waals surface area contributed by atoms with Crippen molar-refractivity contribution < 1.29 is 28.7 Å². The molecule has 0 aliphatic heterocycles. The van der Waals surface area contributed by atoms with Gasteiger partial charge in [-0.3, -0.25) is 14.4 Å². The summed E-state index contributed by atoms with van der Waals surface area (Å²) in [6.45, 7) is 0.999. The first-order valence-corrected chi connectivity index (χ1v) is 12.6. The van der Waals surface area contributed by atoms with Crippen LogP contribution in [0.2, 0.25) is 0 Å². The minimum atomic E-state index is -0.652. The standard InChI is InChI=1S/C26H39N3O6/c1-34-23(30)16-6-3-9-17-27-25(32)22(29-24(31)21-13-7-8-14-21)15-10-18-28-26(33)35-19-20-11-4-2-5-12-20/h2,4-5,11-12,21-22H,3,6-10,13-19H2,1H3,(H,27,32)(H,28,33)(H,29,31)/t22-/m0/s1. The highest BCUT2D eigenvalue weighted by atomic mass is 16.5. The second-order valence-electron chi connectivity index (χ2n) is 8.85. The maximum Gasteiger partial charge on any atom is 0.407 e. The molecule has 1 aliphatic carbocycles. The molecule has 35 heavy (non-hydrogen) atoms. The summed E-state index contributed by atoms with van der Waals surface area (Å²) >= 11 is 0. The van der Waals surface area contributed by atoms with Gasteiger partial charge in [-0.15, -0.1) is 0 Å². The molecule has 1 fully saturated rings. The summed E-state index contributed by atoms with van der Waals surface area (Å²) in [5.41, 5.74) is 0.902. The minimum Gasteiger partial charge on any atom is -0.469 e. The van der Waals surface area contributed by atoms with E-state index in [9.17, 15) is 19.2 Å². The van der Waals surface area contributed by atoms with Gasteiger partial charge in [0.15, 0.2) is 0 Å². The smallest absolute Gasteiger partial charge is 0.407 e. The van der Waals surface area contributed by atoms with Crippen molar-refractivity contribution in [2.24, 2.45) is 5.92 Å². The van der Waals surface area contributed by atoms with E-state index in [1.54, 1.807) is 0 Å². The van der Waals surface area contributed by atoms with Crippen LogP contribution < -0.4 is 16.0 Å². The Morgan fingerprint density at radius 2 is 1.66 bits per heavy atom. The molecule has 0 radical (unpaired) electrons. The molecular weight excluding hydrogens is 450 g/mol. The van der Waals surface area contributed by atoms with Crippen molar-refractivity contribution in [3.63, 3.8) is 0 Å². The van der Waals surface area contributed by atoms with Gasteiger partial charge in [-0.05, 0) is 44.1 Å². The Hall–Kier alpha value is -3.10. The van der Waals surface area contributed by atoms with Gasteiger partial charge in [0.2, 0.25) is 11.8 Å². The lowest BCUT2D eigenvalue weighted by Gasteiger charge is -2.20.